The van der Waals surface area contributed by atoms with Crippen LogP contribution in [-0.2, 0) is 16.0 Å². The Balaban J connectivity index is 2.13. The maximum atomic E-state index is 13.2. The molecule has 23 heavy (non-hydrogen) atoms. The predicted molar refractivity (Wildman–Crippen MR) is 84.8 cm³/mol. The minimum atomic E-state index is -0.878. The number of halogens is 2. The fraction of sp³-hybridized carbons (Fsp3) is 0.176. The topological polar surface area (TPSA) is 55.4 Å². The van der Waals surface area contributed by atoms with Crippen LogP contribution in [0.25, 0.3) is 0 Å². The Morgan fingerprint density at radius 2 is 1.91 bits per heavy atom. The first kappa shape index (κ1) is 17.0. The van der Waals surface area contributed by atoms with E-state index in [-0.39, 0.29) is 12.0 Å². The highest BCUT2D eigenvalue weighted by Gasteiger charge is 2.22. The van der Waals surface area contributed by atoms with Gasteiger partial charge in [-0.1, -0.05) is 29.8 Å². The Morgan fingerprint density at radius 1 is 1.22 bits per heavy atom. The average Bonchev–Trinajstić information content (AvgIpc) is 2.55. The van der Waals surface area contributed by atoms with E-state index in [2.05, 4.69) is 5.32 Å². The summed E-state index contributed by atoms with van der Waals surface area (Å²) in [7, 11) is 1.24. The highest BCUT2D eigenvalue weighted by Crippen LogP contribution is 2.12. The van der Waals surface area contributed by atoms with Crippen molar-refractivity contribution in [3.63, 3.8) is 0 Å². The second-order valence-corrected chi connectivity index (χ2v) is 5.33. The molecule has 120 valence electrons. The molecule has 1 N–H and O–H groups in total. The highest BCUT2D eigenvalue weighted by atomic mass is 35.5. The molecule has 2 rings (SSSR count). The fourth-order valence-electron chi connectivity index (χ4n) is 2.06. The molecule has 0 spiro atoms. The molecule has 0 saturated heterocycles. The van der Waals surface area contributed by atoms with Crippen molar-refractivity contribution in [1.82, 2.24) is 5.32 Å². The number of benzene rings is 2. The van der Waals surface area contributed by atoms with E-state index < -0.39 is 23.7 Å². The Bertz CT molecular complexity index is 703. The molecule has 2 aromatic rings. The average molecular weight is 336 g/mol. The van der Waals surface area contributed by atoms with Crippen LogP contribution in [0.5, 0.6) is 0 Å². The van der Waals surface area contributed by atoms with Crippen molar-refractivity contribution < 1.29 is 18.7 Å². The van der Waals surface area contributed by atoms with Gasteiger partial charge in [0, 0.05) is 17.0 Å². The summed E-state index contributed by atoms with van der Waals surface area (Å²) in [6, 6.07) is 11.3. The number of amides is 1. The van der Waals surface area contributed by atoms with E-state index in [0.717, 1.165) is 11.6 Å². The van der Waals surface area contributed by atoms with Gasteiger partial charge in [0.15, 0.2) is 0 Å². The third-order valence-corrected chi connectivity index (χ3v) is 3.48. The first-order valence-electron chi connectivity index (χ1n) is 6.88. The summed E-state index contributed by atoms with van der Waals surface area (Å²) in [6.07, 6.45) is 0.241. The molecule has 0 aliphatic rings. The molecule has 0 aliphatic carbocycles. The Morgan fingerprint density at radius 3 is 2.52 bits per heavy atom. The smallest absolute Gasteiger partial charge is 0.328 e. The van der Waals surface area contributed by atoms with E-state index in [9.17, 15) is 14.0 Å². The van der Waals surface area contributed by atoms with Gasteiger partial charge in [-0.3, -0.25) is 4.79 Å². The lowest BCUT2D eigenvalue weighted by molar-refractivity contribution is -0.142. The SMILES string of the molecule is COC(=O)[C@H](Cc1ccc(Cl)cc1)NC(=O)c1cccc(F)c1. The fourth-order valence-corrected chi connectivity index (χ4v) is 2.19. The standard InChI is InChI=1S/C17H15ClFNO3/c1-23-17(22)15(9-11-5-7-13(18)8-6-11)20-16(21)12-3-2-4-14(19)10-12/h2-8,10,15H,9H2,1H3,(H,20,21)/t15-/m0/s1. The highest BCUT2D eigenvalue weighted by molar-refractivity contribution is 6.30. The molecule has 0 saturated carbocycles. The molecule has 0 aliphatic heterocycles. The van der Waals surface area contributed by atoms with E-state index in [4.69, 9.17) is 16.3 Å². The summed E-state index contributed by atoms with van der Waals surface area (Å²) in [6.45, 7) is 0. The quantitative estimate of drug-likeness (QED) is 0.855. The first-order chi connectivity index (χ1) is 11.0. The van der Waals surface area contributed by atoms with Crippen LogP contribution >= 0.6 is 11.6 Å². The van der Waals surface area contributed by atoms with Crippen molar-refractivity contribution in [3.8, 4) is 0 Å². The van der Waals surface area contributed by atoms with Gasteiger partial charge < -0.3 is 10.1 Å². The number of esters is 1. The van der Waals surface area contributed by atoms with Crippen LogP contribution in [0.15, 0.2) is 48.5 Å². The third kappa shape index (κ3) is 4.79. The first-order valence-corrected chi connectivity index (χ1v) is 7.26. The number of methoxy groups -OCH3 is 1. The molecular weight excluding hydrogens is 321 g/mol. The lowest BCUT2D eigenvalue weighted by atomic mass is 10.1. The van der Waals surface area contributed by atoms with Gasteiger partial charge >= 0.3 is 5.97 Å². The zero-order valence-corrected chi connectivity index (χ0v) is 13.1. The molecule has 1 amide bonds. The van der Waals surface area contributed by atoms with Gasteiger partial charge in [-0.05, 0) is 35.9 Å². The second-order valence-electron chi connectivity index (χ2n) is 4.89. The Kier molecular flexibility index (Phi) is 5.71. The number of carbonyl (C=O) groups is 2. The number of nitrogens with one attached hydrogen (secondary N) is 1. The summed E-state index contributed by atoms with van der Waals surface area (Å²) in [5.41, 5.74) is 0.944. The zero-order chi connectivity index (χ0) is 16.8. The van der Waals surface area contributed by atoms with Crippen molar-refractivity contribution in [2.75, 3.05) is 7.11 Å². The zero-order valence-electron chi connectivity index (χ0n) is 12.4. The Hall–Kier alpha value is -2.40. The largest absolute Gasteiger partial charge is 0.467 e. The molecule has 4 nitrogen and oxygen atoms in total. The number of ether oxygens (including phenoxy) is 1. The van der Waals surface area contributed by atoms with Crippen molar-refractivity contribution in [3.05, 3.63) is 70.5 Å². The van der Waals surface area contributed by atoms with E-state index in [1.807, 2.05) is 0 Å². The molecule has 0 radical (unpaired) electrons. The van der Waals surface area contributed by atoms with Crippen LogP contribution in [-0.4, -0.2) is 25.0 Å². The third-order valence-electron chi connectivity index (χ3n) is 3.23. The van der Waals surface area contributed by atoms with E-state index in [1.165, 1.54) is 25.3 Å². The van der Waals surface area contributed by atoms with Gasteiger partial charge in [0.05, 0.1) is 7.11 Å². The number of rotatable bonds is 5. The van der Waals surface area contributed by atoms with Crippen molar-refractivity contribution in [2.45, 2.75) is 12.5 Å². The number of hydrogen-bond acceptors (Lipinski definition) is 3. The lowest BCUT2D eigenvalue weighted by Crippen LogP contribution is -2.43. The summed E-state index contributed by atoms with van der Waals surface area (Å²) >= 11 is 5.82. The van der Waals surface area contributed by atoms with Gasteiger partial charge in [-0.25, -0.2) is 9.18 Å². The molecular formula is C17H15ClFNO3. The van der Waals surface area contributed by atoms with E-state index >= 15 is 0 Å². The van der Waals surface area contributed by atoms with Crippen LogP contribution in [0.1, 0.15) is 15.9 Å². The molecule has 0 aromatic heterocycles. The minimum Gasteiger partial charge on any atom is -0.467 e. The summed E-state index contributed by atoms with van der Waals surface area (Å²) < 4.78 is 17.9. The van der Waals surface area contributed by atoms with E-state index in [1.54, 1.807) is 24.3 Å². The maximum Gasteiger partial charge on any atom is 0.328 e. The normalized spacial score (nSPS) is 11.6. The van der Waals surface area contributed by atoms with E-state index in [0.29, 0.717) is 5.02 Å². The van der Waals surface area contributed by atoms with Crippen molar-refractivity contribution in [1.29, 1.82) is 0 Å². The maximum absolute atomic E-state index is 13.2. The molecule has 0 unspecified atom stereocenters. The number of hydrogen-bond donors (Lipinski definition) is 1. The molecule has 1 atom stereocenters. The van der Waals surface area contributed by atoms with Crippen LogP contribution < -0.4 is 5.32 Å². The lowest BCUT2D eigenvalue weighted by Gasteiger charge is -2.16. The van der Waals surface area contributed by atoms with Crippen LogP contribution in [0.2, 0.25) is 5.02 Å². The van der Waals surface area contributed by atoms with Gasteiger partial charge in [0.1, 0.15) is 11.9 Å². The van der Waals surface area contributed by atoms with Gasteiger partial charge in [-0.2, -0.15) is 0 Å². The monoisotopic (exact) mass is 335 g/mol. The summed E-state index contributed by atoms with van der Waals surface area (Å²) in [5.74, 6) is -1.65. The van der Waals surface area contributed by atoms with Crippen LogP contribution in [0.4, 0.5) is 4.39 Å². The van der Waals surface area contributed by atoms with Gasteiger partial charge in [-0.15, -0.1) is 0 Å². The van der Waals surface area contributed by atoms with Crippen LogP contribution in [0, 0.1) is 5.82 Å². The Labute approximate surface area is 138 Å². The number of carbonyl (C=O) groups excluding carboxylic acids is 2. The minimum absolute atomic E-state index is 0.134. The summed E-state index contributed by atoms with van der Waals surface area (Å²) in [5, 5.41) is 3.14. The van der Waals surface area contributed by atoms with Gasteiger partial charge in [0.2, 0.25) is 0 Å². The summed E-state index contributed by atoms with van der Waals surface area (Å²) in [4.78, 5) is 24.0. The molecule has 0 bridgehead atoms. The van der Waals surface area contributed by atoms with Gasteiger partial charge in [0.25, 0.3) is 5.91 Å². The molecule has 0 fully saturated rings. The van der Waals surface area contributed by atoms with Crippen LogP contribution in [0.3, 0.4) is 0 Å². The van der Waals surface area contributed by atoms with Crippen molar-refractivity contribution >= 4 is 23.5 Å². The molecule has 6 heteroatoms. The molecule has 0 heterocycles. The van der Waals surface area contributed by atoms with Crippen molar-refractivity contribution in [2.24, 2.45) is 0 Å². The predicted octanol–water partition coefficient (Wildman–Crippen LogP) is 2.99. The second kappa shape index (κ2) is 7.74. The molecule has 2 aromatic carbocycles.